The average Bonchev–Trinajstić information content (AvgIpc) is 2.29. The molecule has 0 aliphatic heterocycles. The molecule has 0 radical (unpaired) electrons. The Morgan fingerprint density at radius 3 is 2.62 bits per heavy atom. The van der Waals surface area contributed by atoms with Gasteiger partial charge in [-0.15, -0.1) is 0 Å². The lowest BCUT2D eigenvalue weighted by Crippen LogP contribution is -2.11. The van der Waals surface area contributed by atoms with Crippen molar-refractivity contribution in [3.8, 4) is 0 Å². The third kappa shape index (κ3) is 2.55. The molecule has 82 valence electrons. The summed E-state index contributed by atoms with van der Waals surface area (Å²) in [6.45, 7) is 0. The largest absolute Gasteiger partial charge is 0.326 e. The van der Waals surface area contributed by atoms with Gasteiger partial charge in [-0.1, -0.05) is 30.3 Å². The lowest BCUT2D eigenvalue weighted by Gasteiger charge is -2.05. The van der Waals surface area contributed by atoms with Crippen LogP contribution in [0.1, 0.15) is 6.42 Å². The molecule has 0 spiro atoms. The van der Waals surface area contributed by atoms with Gasteiger partial charge in [0.25, 0.3) is 0 Å². The number of fused-ring (bicyclic) bond motifs is 1. The summed E-state index contributed by atoms with van der Waals surface area (Å²) in [5.74, 6) is 0.574. The normalized spacial score (nSPS) is 10.3. The van der Waals surface area contributed by atoms with E-state index in [9.17, 15) is 4.79 Å². The quantitative estimate of drug-likeness (QED) is 0.781. The molecule has 0 aromatic heterocycles. The zero-order valence-corrected chi connectivity index (χ0v) is 9.71. The number of rotatable bonds is 3. The molecule has 0 fully saturated rings. The maximum absolute atomic E-state index is 11.4. The molecule has 0 saturated heterocycles. The van der Waals surface area contributed by atoms with Crippen LogP contribution in [0.15, 0.2) is 42.5 Å². The zero-order valence-electron chi connectivity index (χ0n) is 8.81. The second kappa shape index (κ2) is 5.03. The summed E-state index contributed by atoms with van der Waals surface area (Å²) in [6.07, 6.45) is 0.440. The Morgan fingerprint density at radius 2 is 1.88 bits per heavy atom. The van der Waals surface area contributed by atoms with E-state index in [0.29, 0.717) is 12.2 Å². The first-order chi connectivity index (χ1) is 7.79. The number of benzene rings is 2. The number of thiol groups is 1. The van der Waals surface area contributed by atoms with Crippen molar-refractivity contribution in [3.05, 3.63) is 42.5 Å². The van der Waals surface area contributed by atoms with E-state index in [0.717, 1.165) is 11.1 Å². The molecule has 0 saturated carbocycles. The van der Waals surface area contributed by atoms with Crippen LogP contribution in [-0.2, 0) is 4.79 Å². The number of hydrogen-bond acceptors (Lipinski definition) is 2. The molecule has 0 aliphatic carbocycles. The van der Waals surface area contributed by atoms with Crippen molar-refractivity contribution < 1.29 is 4.79 Å². The van der Waals surface area contributed by atoms with Gasteiger partial charge in [-0.25, -0.2) is 0 Å². The molecule has 0 bridgehead atoms. The van der Waals surface area contributed by atoms with E-state index in [1.54, 1.807) is 0 Å². The predicted octanol–water partition coefficient (Wildman–Crippen LogP) is 3.10. The molecule has 0 atom stereocenters. The van der Waals surface area contributed by atoms with Gasteiger partial charge in [-0.3, -0.25) is 4.79 Å². The summed E-state index contributed by atoms with van der Waals surface area (Å²) in [5.41, 5.74) is 0.838. The van der Waals surface area contributed by atoms with Crippen LogP contribution in [0, 0.1) is 0 Å². The molecule has 16 heavy (non-hydrogen) atoms. The van der Waals surface area contributed by atoms with Crippen LogP contribution in [0.3, 0.4) is 0 Å². The molecule has 2 nitrogen and oxygen atoms in total. The third-order valence-corrected chi connectivity index (χ3v) is 2.60. The number of nitrogens with one attached hydrogen (secondary N) is 1. The minimum absolute atomic E-state index is 0.00489. The van der Waals surface area contributed by atoms with E-state index in [1.165, 1.54) is 5.39 Å². The Hall–Kier alpha value is -1.48. The van der Waals surface area contributed by atoms with Crippen LogP contribution in [0.2, 0.25) is 0 Å². The predicted molar refractivity (Wildman–Crippen MR) is 71.0 cm³/mol. The Balaban J connectivity index is 2.22. The maximum atomic E-state index is 11.4. The van der Waals surface area contributed by atoms with Crippen LogP contribution in [-0.4, -0.2) is 11.7 Å². The van der Waals surface area contributed by atoms with E-state index in [4.69, 9.17) is 0 Å². The molecule has 0 heterocycles. The number of carbonyl (C=O) groups is 1. The number of hydrogen-bond donors (Lipinski definition) is 2. The monoisotopic (exact) mass is 231 g/mol. The highest BCUT2D eigenvalue weighted by molar-refractivity contribution is 7.80. The van der Waals surface area contributed by atoms with Gasteiger partial charge in [0.1, 0.15) is 0 Å². The van der Waals surface area contributed by atoms with E-state index < -0.39 is 0 Å². The Labute approximate surface area is 100 Å². The summed E-state index contributed by atoms with van der Waals surface area (Å²) in [5, 5.41) is 5.15. The minimum atomic E-state index is 0.00489. The van der Waals surface area contributed by atoms with E-state index >= 15 is 0 Å². The van der Waals surface area contributed by atoms with E-state index in [-0.39, 0.29) is 5.91 Å². The van der Waals surface area contributed by atoms with Crippen LogP contribution in [0.4, 0.5) is 5.69 Å². The van der Waals surface area contributed by atoms with Gasteiger partial charge in [0.05, 0.1) is 0 Å². The van der Waals surface area contributed by atoms with Crippen LogP contribution in [0.25, 0.3) is 10.8 Å². The fourth-order valence-corrected chi connectivity index (χ4v) is 1.80. The fourth-order valence-electron chi connectivity index (χ4n) is 1.59. The summed E-state index contributed by atoms with van der Waals surface area (Å²) >= 11 is 4.02. The maximum Gasteiger partial charge on any atom is 0.225 e. The lowest BCUT2D eigenvalue weighted by molar-refractivity contribution is -0.115. The fraction of sp³-hybridized carbons (Fsp3) is 0.154. The molecule has 2 rings (SSSR count). The standard InChI is InChI=1S/C13H13NOS/c15-13(7-8-16)14-12-6-5-10-3-1-2-4-11(10)9-12/h1-6,9,16H,7-8H2,(H,14,15). The van der Waals surface area contributed by atoms with Gasteiger partial charge in [0.2, 0.25) is 5.91 Å². The van der Waals surface area contributed by atoms with Gasteiger partial charge < -0.3 is 5.32 Å². The first-order valence-electron chi connectivity index (χ1n) is 5.19. The van der Waals surface area contributed by atoms with Crippen molar-refractivity contribution in [2.45, 2.75) is 6.42 Å². The van der Waals surface area contributed by atoms with Gasteiger partial charge in [-0.2, -0.15) is 12.6 Å². The van der Waals surface area contributed by atoms with Crippen LogP contribution >= 0.6 is 12.6 Å². The molecule has 0 aliphatic rings. The lowest BCUT2D eigenvalue weighted by atomic mass is 10.1. The average molecular weight is 231 g/mol. The Morgan fingerprint density at radius 1 is 1.12 bits per heavy atom. The second-order valence-corrected chi connectivity index (χ2v) is 4.03. The molecular weight excluding hydrogens is 218 g/mol. The van der Waals surface area contributed by atoms with Crippen molar-refractivity contribution in [1.29, 1.82) is 0 Å². The van der Waals surface area contributed by atoms with Crippen molar-refractivity contribution >= 4 is 35.0 Å². The highest BCUT2D eigenvalue weighted by Gasteiger charge is 2.01. The number of amides is 1. The zero-order chi connectivity index (χ0) is 11.4. The van der Waals surface area contributed by atoms with E-state index in [2.05, 4.69) is 24.0 Å². The van der Waals surface area contributed by atoms with Crippen molar-refractivity contribution in [1.82, 2.24) is 0 Å². The van der Waals surface area contributed by atoms with Crippen LogP contribution < -0.4 is 5.32 Å². The molecular formula is C13H13NOS. The molecule has 2 aromatic carbocycles. The Bertz CT molecular complexity index is 510. The minimum Gasteiger partial charge on any atom is -0.326 e. The van der Waals surface area contributed by atoms with Gasteiger partial charge in [0, 0.05) is 12.1 Å². The molecule has 3 heteroatoms. The highest BCUT2D eigenvalue weighted by atomic mass is 32.1. The third-order valence-electron chi connectivity index (χ3n) is 2.37. The summed E-state index contributed by atoms with van der Waals surface area (Å²) in [7, 11) is 0. The second-order valence-electron chi connectivity index (χ2n) is 3.58. The summed E-state index contributed by atoms with van der Waals surface area (Å²) in [6, 6.07) is 14.0. The number of carbonyl (C=O) groups excluding carboxylic acids is 1. The number of anilines is 1. The van der Waals surface area contributed by atoms with Crippen molar-refractivity contribution in [2.75, 3.05) is 11.1 Å². The smallest absolute Gasteiger partial charge is 0.225 e. The van der Waals surface area contributed by atoms with Gasteiger partial charge in [-0.05, 0) is 28.7 Å². The first kappa shape index (κ1) is 11.0. The first-order valence-corrected chi connectivity index (χ1v) is 5.82. The highest BCUT2D eigenvalue weighted by Crippen LogP contribution is 2.18. The summed E-state index contributed by atoms with van der Waals surface area (Å²) < 4.78 is 0. The van der Waals surface area contributed by atoms with E-state index in [1.807, 2.05) is 36.4 Å². The molecule has 0 unspecified atom stereocenters. The SMILES string of the molecule is O=C(CCS)Nc1ccc2ccccc2c1. The molecule has 2 aromatic rings. The van der Waals surface area contributed by atoms with Gasteiger partial charge >= 0.3 is 0 Å². The molecule has 1 N–H and O–H groups in total. The Kier molecular flexibility index (Phi) is 3.47. The van der Waals surface area contributed by atoms with Crippen LogP contribution in [0.5, 0.6) is 0 Å². The topological polar surface area (TPSA) is 29.1 Å². The molecule has 1 amide bonds. The summed E-state index contributed by atoms with van der Waals surface area (Å²) in [4.78, 5) is 11.4. The van der Waals surface area contributed by atoms with Crippen molar-refractivity contribution in [2.24, 2.45) is 0 Å². The van der Waals surface area contributed by atoms with Gasteiger partial charge in [0.15, 0.2) is 0 Å². The van der Waals surface area contributed by atoms with Crippen molar-refractivity contribution in [3.63, 3.8) is 0 Å².